The van der Waals surface area contributed by atoms with Gasteiger partial charge in [-0.25, -0.2) is 0 Å². The summed E-state index contributed by atoms with van der Waals surface area (Å²) in [4.78, 5) is 0. The van der Waals surface area contributed by atoms with Gasteiger partial charge in [-0.3, -0.25) is 0 Å². The zero-order chi connectivity index (χ0) is 11.2. The number of hydrogen-bond acceptors (Lipinski definition) is 1. The molecule has 0 fully saturated rings. The SMILES string of the molecule is CNCCC#Cc1ccc2ccccc2c1. The summed E-state index contributed by atoms with van der Waals surface area (Å²) in [7, 11) is 1.94. The van der Waals surface area contributed by atoms with E-state index in [0.29, 0.717) is 0 Å². The number of benzene rings is 2. The highest BCUT2D eigenvalue weighted by Gasteiger charge is 1.92. The predicted octanol–water partition coefficient (Wildman–Crippen LogP) is 2.80. The van der Waals surface area contributed by atoms with Crippen molar-refractivity contribution in [1.82, 2.24) is 5.32 Å². The van der Waals surface area contributed by atoms with E-state index in [9.17, 15) is 0 Å². The maximum atomic E-state index is 3.18. The average molecular weight is 209 g/mol. The van der Waals surface area contributed by atoms with E-state index in [2.05, 4.69) is 59.6 Å². The van der Waals surface area contributed by atoms with Crippen LogP contribution < -0.4 is 5.32 Å². The molecule has 0 spiro atoms. The Kier molecular flexibility index (Phi) is 3.58. The van der Waals surface area contributed by atoms with Gasteiger partial charge in [-0.15, -0.1) is 0 Å². The molecule has 0 bridgehead atoms. The number of hydrogen-bond donors (Lipinski definition) is 1. The van der Waals surface area contributed by atoms with Crippen LogP contribution in [0.1, 0.15) is 12.0 Å². The van der Waals surface area contributed by atoms with E-state index in [4.69, 9.17) is 0 Å². The first kappa shape index (κ1) is 10.7. The largest absolute Gasteiger partial charge is 0.319 e. The van der Waals surface area contributed by atoms with Gasteiger partial charge in [0.2, 0.25) is 0 Å². The van der Waals surface area contributed by atoms with Gasteiger partial charge >= 0.3 is 0 Å². The van der Waals surface area contributed by atoms with Gasteiger partial charge in [0, 0.05) is 18.5 Å². The Balaban J connectivity index is 2.21. The van der Waals surface area contributed by atoms with Gasteiger partial charge in [0.25, 0.3) is 0 Å². The van der Waals surface area contributed by atoms with Crippen molar-refractivity contribution in [3.05, 3.63) is 48.0 Å². The standard InChI is InChI=1S/C15H15N/c1-16-11-5-4-6-13-9-10-14-7-2-3-8-15(14)12-13/h2-3,7-10,12,16H,5,11H2,1H3. The Bertz CT molecular complexity index is 532. The fraction of sp³-hybridized carbons (Fsp3) is 0.200. The molecule has 0 aliphatic heterocycles. The minimum Gasteiger partial charge on any atom is -0.319 e. The van der Waals surface area contributed by atoms with E-state index in [1.165, 1.54) is 10.8 Å². The molecule has 1 heteroatoms. The monoisotopic (exact) mass is 209 g/mol. The number of fused-ring (bicyclic) bond motifs is 1. The van der Waals surface area contributed by atoms with E-state index in [-0.39, 0.29) is 0 Å². The van der Waals surface area contributed by atoms with Gasteiger partial charge < -0.3 is 5.32 Å². The highest BCUT2D eigenvalue weighted by molar-refractivity contribution is 5.83. The first-order valence-electron chi connectivity index (χ1n) is 5.52. The molecule has 0 radical (unpaired) electrons. The van der Waals surface area contributed by atoms with Crippen molar-refractivity contribution in [2.24, 2.45) is 0 Å². The van der Waals surface area contributed by atoms with Crippen LogP contribution in [0.25, 0.3) is 10.8 Å². The van der Waals surface area contributed by atoms with E-state index in [1.807, 2.05) is 7.05 Å². The molecule has 1 nitrogen and oxygen atoms in total. The molecule has 16 heavy (non-hydrogen) atoms. The molecule has 0 heterocycles. The van der Waals surface area contributed by atoms with E-state index >= 15 is 0 Å². The van der Waals surface area contributed by atoms with Gasteiger partial charge in [-0.1, -0.05) is 42.2 Å². The maximum Gasteiger partial charge on any atom is 0.0251 e. The Morgan fingerprint density at radius 2 is 1.88 bits per heavy atom. The quantitative estimate of drug-likeness (QED) is 0.592. The highest BCUT2D eigenvalue weighted by Crippen LogP contribution is 2.14. The second-order valence-corrected chi connectivity index (χ2v) is 3.72. The van der Waals surface area contributed by atoms with Crippen LogP contribution >= 0.6 is 0 Å². The van der Waals surface area contributed by atoms with Crippen LogP contribution in [0, 0.1) is 11.8 Å². The fourth-order valence-electron chi connectivity index (χ4n) is 1.62. The van der Waals surface area contributed by atoms with Crippen LogP contribution in [0.15, 0.2) is 42.5 Å². The Hall–Kier alpha value is -1.78. The first-order valence-corrected chi connectivity index (χ1v) is 5.52. The third kappa shape index (κ3) is 2.62. The lowest BCUT2D eigenvalue weighted by Gasteiger charge is -1.97. The highest BCUT2D eigenvalue weighted by atomic mass is 14.8. The molecule has 0 amide bonds. The summed E-state index contributed by atoms with van der Waals surface area (Å²) in [6, 6.07) is 14.7. The predicted molar refractivity (Wildman–Crippen MR) is 69.4 cm³/mol. The van der Waals surface area contributed by atoms with Crippen molar-refractivity contribution in [1.29, 1.82) is 0 Å². The molecule has 0 saturated heterocycles. The Morgan fingerprint density at radius 3 is 2.69 bits per heavy atom. The molecule has 2 aromatic carbocycles. The molecule has 2 rings (SSSR count). The Morgan fingerprint density at radius 1 is 1.06 bits per heavy atom. The molecule has 1 N–H and O–H groups in total. The van der Waals surface area contributed by atoms with Gasteiger partial charge in [0.05, 0.1) is 0 Å². The number of nitrogens with one attached hydrogen (secondary N) is 1. The second-order valence-electron chi connectivity index (χ2n) is 3.72. The minimum atomic E-state index is 0.892. The molecular weight excluding hydrogens is 194 g/mol. The molecule has 0 aliphatic carbocycles. The molecule has 0 aliphatic rings. The molecule has 0 saturated carbocycles. The zero-order valence-electron chi connectivity index (χ0n) is 9.46. The van der Waals surface area contributed by atoms with Crippen molar-refractivity contribution in [3.8, 4) is 11.8 Å². The molecule has 80 valence electrons. The van der Waals surface area contributed by atoms with Gasteiger partial charge in [-0.2, -0.15) is 0 Å². The molecule has 2 aromatic rings. The fourth-order valence-corrected chi connectivity index (χ4v) is 1.62. The molecular formula is C15H15N. The summed E-state index contributed by atoms with van der Waals surface area (Å²) in [5.41, 5.74) is 1.09. The van der Waals surface area contributed by atoms with Crippen molar-refractivity contribution < 1.29 is 0 Å². The summed E-state index contributed by atoms with van der Waals surface area (Å²) in [5.74, 6) is 6.34. The van der Waals surface area contributed by atoms with E-state index in [1.54, 1.807) is 0 Å². The first-order chi connectivity index (χ1) is 7.90. The maximum absolute atomic E-state index is 3.18. The summed E-state index contributed by atoms with van der Waals surface area (Å²) in [6.45, 7) is 0.945. The number of rotatable bonds is 2. The van der Waals surface area contributed by atoms with Crippen LogP contribution in [-0.2, 0) is 0 Å². The lowest BCUT2D eigenvalue weighted by atomic mass is 10.1. The zero-order valence-corrected chi connectivity index (χ0v) is 9.46. The molecule has 0 aromatic heterocycles. The summed E-state index contributed by atoms with van der Waals surface area (Å²) in [5, 5.41) is 5.60. The van der Waals surface area contributed by atoms with E-state index in [0.717, 1.165) is 18.5 Å². The molecule has 0 unspecified atom stereocenters. The summed E-state index contributed by atoms with van der Waals surface area (Å²) < 4.78 is 0. The van der Waals surface area contributed by atoms with Gasteiger partial charge in [0.15, 0.2) is 0 Å². The third-order valence-electron chi connectivity index (χ3n) is 2.48. The van der Waals surface area contributed by atoms with Crippen LogP contribution in [0.5, 0.6) is 0 Å². The average Bonchev–Trinajstić information content (AvgIpc) is 2.34. The molecule has 0 atom stereocenters. The normalized spacial score (nSPS) is 9.81. The van der Waals surface area contributed by atoms with Crippen molar-refractivity contribution in [2.75, 3.05) is 13.6 Å². The van der Waals surface area contributed by atoms with Crippen LogP contribution in [0.3, 0.4) is 0 Å². The lowest BCUT2D eigenvalue weighted by molar-refractivity contribution is 0.818. The second kappa shape index (κ2) is 5.34. The van der Waals surface area contributed by atoms with E-state index < -0.39 is 0 Å². The van der Waals surface area contributed by atoms with Crippen LogP contribution in [0.4, 0.5) is 0 Å². The van der Waals surface area contributed by atoms with Gasteiger partial charge in [0.1, 0.15) is 0 Å². The van der Waals surface area contributed by atoms with Gasteiger partial charge in [-0.05, 0) is 30.0 Å². The lowest BCUT2D eigenvalue weighted by Crippen LogP contribution is -2.05. The summed E-state index contributed by atoms with van der Waals surface area (Å²) in [6.07, 6.45) is 0.892. The van der Waals surface area contributed by atoms with Crippen LogP contribution in [-0.4, -0.2) is 13.6 Å². The van der Waals surface area contributed by atoms with Crippen LogP contribution in [0.2, 0.25) is 0 Å². The van der Waals surface area contributed by atoms with Crippen molar-refractivity contribution in [3.63, 3.8) is 0 Å². The Labute approximate surface area is 96.5 Å². The summed E-state index contributed by atoms with van der Waals surface area (Å²) >= 11 is 0. The van der Waals surface area contributed by atoms with Crippen molar-refractivity contribution >= 4 is 10.8 Å². The third-order valence-corrected chi connectivity index (χ3v) is 2.48. The van der Waals surface area contributed by atoms with Crippen molar-refractivity contribution in [2.45, 2.75) is 6.42 Å². The minimum absolute atomic E-state index is 0.892. The smallest absolute Gasteiger partial charge is 0.0251 e. The topological polar surface area (TPSA) is 12.0 Å².